The van der Waals surface area contributed by atoms with Crippen LogP contribution in [0.2, 0.25) is 0 Å². The average Bonchev–Trinajstić information content (AvgIpc) is 2.48. The van der Waals surface area contributed by atoms with E-state index in [1.165, 1.54) is 43.2 Å². The molecule has 2 N–H and O–H groups in total. The molecule has 0 atom stereocenters. The molecule has 0 heterocycles. The normalized spacial score (nSPS) is 16.6. The fourth-order valence-electron chi connectivity index (χ4n) is 3.25. The van der Waals surface area contributed by atoms with Gasteiger partial charge in [-0.25, -0.2) is 0 Å². The topological polar surface area (TPSA) is 38.5 Å². The van der Waals surface area contributed by atoms with Crippen molar-refractivity contribution >= 4 is 0 Å². The van der Waals surface area contributed by atoms with Gasteiger partial charge in [0.2, 0.25) is 0 Å². The van der Waals surface area contributed by atoms with E-state index in [1.807, 2.05) is 0 Å². The molecular formula is C17H28N2O. The average molecular weight is 276 g/mol. The van der Waals surface area contributed by atoms with E-state index in [9.17, 15) is 0 Å². The van der Waals surface area contributed by atoms with Crippen molar-refractivity contribution in [1.82, 2.24) is 4.90 Å². The highest BCUT2D eigenvalue weighted by Crippen LogP contribution is 2.27. The van der Waals surface area contributed by atoms with Crippen molar-refractivity contribution in [3.63, 3.8) is 0 Å². The standard InChI is InChI=1S/C17H28N2O/c1-14-8-9-17(20-2)15(12-14)13-19(11-10-18)16-6-4-3-5-7-16/h8-9,12,16H,3-7,10-11,13,18H2,1-2H3. The molecule has 0 spiro atoms. The molecule has 3 heteroatoms. The molecule has 112 valence electrons. The Morgan fingerprint density at radius 3 is 2.65 bits per heavy atom. The van der Waals surface area contributed by atoms with Gasteiger partial charge in [-0.05, 0) is 25.8 Å². The molecule has 1 aliphatic rings. The van der Waals surface area contributed by atoms with Gasteiger partial charge in [-0.15, -0.1) is 0 Å². The first-order valence-corrected chi connectivity index (χ1v) is 7.82. The number of hydrogen-bond donors (Lipinski definition) is 1. The van der Waals surface area contributed by atoms with Crippen molar-refractivity contribution < 1.29 is 4.74 Å². The maximum atomic E-state index is 5.82. The van der Waals surface area contributed by atoms with Crippen LogP contribution in [0, 0.1) is 6.92 Å². The van der Waals surface area contributed by atoms with Crippen LogP contribution in [0.3, 0.4) is 0 Å². The molecule has 1 aromatic carbocycles. The smallest absolute Gasteiger partial charge is 0.123 e. The van der Waals surface area contributed by atoms with Gasteiger partial charge >= 0.3 is 0 Å². The lowest BCUT2D eigenvalue weighted by Gasteiger charge is -2.34. The van der Waals surface area contributed by atoms with E-state index in [4.69, 9.17) is 10.5 Å². The minimum absolute atomic E-state index is 0.692. The summed E-state index contributed by atoms with van der Waals surface area (Å²) in [5.74, 6) is 0.994. The molecular weight excluding hydrogens is 248 g/mol. The summed E-state index contributed by atoms with van der Waals surface area (Å²) in [6.45, 7) is 4.79. The molecule has 20 heavy (non-hydrogen) atoms. The zero-order chi connectivity index (χ0) is 14.4. The van der Waals surface area contributed by atoms with Gasteiger partial charge in [-0.3, -0.25) is 4.90 Å². The summed E-state index contributed by atoms with van der Waals surface area (Å²) in [5, 5.41) is 0. The minimum atomic E-state index is 0.692. The van der Waals surface area contributed by atoms with E-state index in [2.05, 4.69) is 30.0 Å². The molecule has 0 aromatic heterocycles. The van der Waals surface area contributed by atoms with Crippen LogP contribution in [0.1, 0.15) is 43.2 Å². The van der Waals surface area contributed by atoms with Crippen LogP contribution in [0.4, 0.5) is 0 Å². The Morgan fingerprint density at radius 1 is 1.25 bits per heavy atom. The number of methoxy groups -OCH3 is 1. The number of aryl methyl sites for hydroxylation is 1. The Balaban J connectivity index is 2.12. The molecule has 0 aliphatic heterocycles. The van der Waals surface area contributed by atoms with Crippen LogP contribution in [-0.4, -0.2) is 31.1 Å². The molecule has 1 saturated carbocycles. The molecule has 1 fully saturated rings. The maximum Gasteiger partial charge on any atom is 0.123 e. The van der Waals surface area contributed by atoms with E-state index in [0.717, 1.165) is 25.4 Å². The predicted molar refractivity (Wildman–Crippen MR) is 84.1 cm³/mol. The number of benzene rings is 1. The second-order valence-corrected chi connectivity index (χ2v) is 5.87. The van der Waals surface area contributed by atoms with Crippen molar-refractivity contribution in [2.45, 2.75) is 51.6 Å². The molecule has 1 aliphatic carbocycles. The Kier molecular flexibility index (Phi) is 5.86. The van der Waals surface area contributed by atoms with Gasteiger partial charge in [0.1, 0.15) is 5.75 Å². The lowest BCUT2D eigenvalue weighted by molar-refractivity contribution is 0.151. The monoisotopic (exact) mass is 276 g/mol. The first kappa shape index (κ1) is 15.3. The van der Waals surface area contributed by atoms with E-state index in [0.29, 0.717) is 6.04 Å². The van der Waals surface area contributed by atoms with Crippen molar-refractivity contribution in [2.75, 3.05) is 20.2 Å². The van der Waals surface area contributed by atoms with Gasteiger partial charge in [0.15, 0.2) is 0 Å². The van der Waals surface area contributed by atoms with Crippen LogP contribution >= 0.6 is 0 Å². The van der Waals surface area contributed by atoms with Crippen molar-refractivity contribution in [1.29, 1.82) is 0 Å². The zero-order valence-electron chi connectivity index (χ0n) is 12.9. The van der Waals surface area contributed by atoms with E-state index >= 15 is 0 Å². The first-order valence-electron chi connectivity index (χ1n) is 7.82. The van der Waals surface area contributed by atoms with Gasteiger partial charge in [0.05, 0.1) is 7.11 Å². The second kappa shape index (κ2) is 7.65. The SMILES string of the molecule is COc1ccc(C)cc1CN(CCN)C1CCCCC1. The summed E-state index contributed by atoms with van der Waals surface area (Å²) >= 11 is 0. The third-order valence-electron chi connectivity index (χ3n) is 4.32. The Morgan fingerprint density at radius 2 is 2.00 bits per heavy atom. The van der Waals surface area contributed by atoms with Crippen LogP contribution in [0.25, 0.3) is 0 Å². The Labute approximate surface area is 123 Å². The van der Waals surface area contributed by atoms with E-state index in [1.54, 1.807) is 7.11 Å². The predicted octanol–water partition coefficient (Wildman–Crippen LogP) is 3.10. The number of hydrogen-bond acceptors (Lipinski definition) is 3. The van der Waals surface area contributed by atoms with Gasteiger partial charge in [-0.1, -0.05) is 37.0 Å². The molecule has 0 unspecified atom stereocenters. The highest BCUT2D eigenvalue weighted by atomic mass is 16.5. The number of ether oxygens (including phenoxy) is 1. The highest BCUT2D eigenvalue weighted by Gasteiger charge is 2.21. The molecule has 0 amide bonds. The second-order valence-electron chi connectivity index (χ2n) is 5.87. The summed E-state index contributed by atoms with van der Waals surface area (Å²) in [7, 11) is 1.75. The van der Waals surface area contributed by atoms with Crippen LogP contribution in [0.15, 0.2) is 18.2 Å². The summed E-state index contributed by atoms with van der Waals surface area (Å²) in [4.78, 5) is 2.55. The first-order chi connectivity index (χ1) is 9.74. The lowest BCUT2D eigenvalue weighted by Crippen LogP contribution is -2.39. The third-order valence-corrected chi connectivity index (χ3v) is 4.32. The third kappa shape index (κ3) is 3.97. The molecule has 2 rings (SSSR count). The summed E-state index contributed by atoms with van der Waals surface area (Å²) in [6.07, 6.45) is 6.73. The number of nitrogens with zero attached hydrogens (tertiary/aromatic N) is 1. The minimum Gasteiger partial charge on any atom is -0.496 e. The van der Waals surface area contributed by atoms with Gasteiger partial charge in [0.25, 0.3) is 0 Å². The van der Waals surface area contributed by atoms with Gasteiger partial charge in [-0.2, -0.15) is 0 Å². The highest BCUT2D eigenvalue weighted by molar-refractivity contribution is 5.36. The molecule has 0 radical (unpaired) electrons. The van der Waals surface area contributed by atoms with Gasteiger partial charge < -0.3 is 10.5 Å². The van der Waals surface area contributed by atoms with Crippen molar-refractivity contribution in [3.05, 3.63) is 29.3 Å². The van der Waals surface area contributed by atoms with Crippen molar-refractivity contribution in [2.24, 2.45) is 5.73 Å². The van der Waals surface area contributed by atoms with Gasteiger partial charge in [0, 0.05) is 31.2 Å². The fraction of sp³-hybridized carbons (Fsp3) is 0.647. The van der Waals surface area contributed by atoms with E-state index in [-0.39, 0.29) is 0 Å². The Hall–Kier alpha value is -1.06. The van der Waals surface area contributed by atoms with Crippen molar-refractivity contribution in [3.8, 4) is 5.75 Å². The summed E-state index contributed by atoms with van der Waals surface area (Å²) in [5.41, 5.74) is 8.39. The van der Waals surface area contributed by atoms with Crippen LogP contribution < -0.4 is 10.5 Å². The lowest BCUT2D eigenvalue weighted by atomic mass is 9.93. The Bertz CT molecular complexity index is 413. The quantitative estimate of drug-likeness (QED) is 0.867. The zero-order valence-corrected chi connectivity index (χ0v) is 12.9. The molecule has 0 bridgehead atoms. The number of rotatable bonds is 6. The number of nitrogens with two attached hydrogens (primary N) is 1. The van der Waals surface area contributed by atoms with E-state index < -0.39 is 0 Å². The fourth-order valence-corrected chi connectivity index (χ4v) is 3.25. The van der Waals surface area contributed by atoms with Crippen LogP contribution in [0.5, 0.6) is 5.75 Å². The summed E-state index contributed by atoms with van der Waals surface area (Å²) in [6, 6.07) is 7.12. The summed E-state index contributed by atoms with van der Waals surface area (Å²) < 4.78 is 5.51. The van der Waals surface area contributed by atoms with Crippen LogP contribution in [-0.2, 0) is 6.54 Å². The largest absolute Gasteiger partial charge is 0.496 e. The maximum absolute atomic E-state index is 5.82. The molecule has 3 nitrogen and oxygen atoms in total. The molecule has 1 aromatic rings. The molecule has 0 saturated heterocycles.